The summed E-state index contributed by atoms with van der Waals surface area (Å²) >= 11 is 0. The Morgan fingerprint density at radius 2 is 0.938 bits per heavy atom. The Labute approximate surface area is 285 Å². The maximum Gasteiger partial charge on any atom is 0.707 e. The van der Waals surface area contributed by atoms with E-state index in [0.29, 0.717) is 5.75 Å². The summed E-state index contributed by atoms with van der Waals surface area (Å²) in [5.41, 5.74) is 4.36. The fourth-order valence-corrected chi connectivity index (χ4v) is 13.4. The molecule has 7 aromatic carbocycles. The molecule has 0 radical (unpaired) electrons. The van der Waals surface area contributed by atoms with E-state index in [9.17, 15) is 0 Å². The Bertz CT molecular complexity index is 1990. The monoisotopic (exact) mass is 650 g/mol. The molecular weight excluding hydrogens is 606 g/mol. The van der Waals surface area contributed by atoms with Gasteiger partial charge in [-0.15, -0.1) is 0 Å². The molecule has 0 unspecified atom stereocenters. The van der Waals surface area contributed by atoms with Crippen molar-refractivity contribution in [1.29, 1.82) is 0 Å². The van der Waals surface area contributed by atoms with Gasteiger partial charge in [0, 0.05) is 5.39 Å². The second kappa shape index (κ2) is 14.7. The number of benzene rings is 7. The van der Waals surface area contributed by atoms with Gasteiger partial charge >= 0.3 is 167 Å². The molecule has 0 atom stereocenters. The molecule has 48 heavy (non-hydrogen) atoms. The Kier molecular flexibility index (Phi) is 10.3. The first-order valence-electron chi connectivity index (χ1n) is 17.0. The van der Waals surface area contributed by atoms with Gasteiger partial charge in [0.2, 0.25) is 0 Å². The number of rotatable bonds is 9. The summed E-state index contributed by atoms with van der Waals surface area (Å²) in [6, 6.07) is 55.8. The average Bonchev–Trinajstić information content (AvgIpc) is 3.14. The van der Waals surface area contributed by atoms with Crippen LogP contribution in [0, 0.1) is 0 Å². The third kappa shape index (κ3) is 6.13. The molecular formula is C43H44BO3P. The van der Waals surface area contributed by atoms with Crippen molar-refractivity contribution in [3.05, 3.63) is 174 Å². The molecule has 242 valence electrons. The van der Waals surface area contributed by atoms with Crippen LogP contribution < -0.4 is 4.65 Å². The van der Waals surface area contributed by atoms with Crippen molar-refractivity contribution in [2.45, 2.75) is 25.9 Å². The molecule has 0 saturated heterocycles. The Morgan fingerprint density at radius 3 is 1.42 bits per heavy atom. The molecule has 0 amide bonds. The van der Waals surface area contributed by atoms with Gasteiger partial charge in [0.1, 0.15) is 5.75 Å². The SMILES string of the molecule is CC[PH](CC)(CC)C(c1ccccc1)(c1ccccc1)c1ccccc1.OB(O)Oc1cccc2ccc3cc4ccccc4cc3c12. The van der Waals surface area contributed by atoms with E-state index in [-0.39, 0.29) is 5.16 Å². The molecule has 0 aliphatic rings. The summed E-state index contributed by atoms with van der Waals surface area (Å²) in [7, 11) is -3.55. The zero-order chi connectivity index (χ0) is 33.6. The first kappa shape index (κ1) is 33.4. The fourth-order valence-electron chi connectivity index (χ4n) is 8.01. The largest absolute Gasteiger partial charge is 0.707 e. The van der Waals surface area contributed by atoms with Crippen LogP contribution >= 0.6 is 7.26 Å². The van der Waals surface area contributed by atoms with Gasteiger partial charge in [0.15, 0.2) is 0 Å². The van der Waals surface area contributed by atoms with Crippen LogP contribution in [0.5, 0.6) is 5.75 Å². The summed E-state index contributed by atoms with van der Waals surface area (Å²) in [4.78, 5) is 0. The predicted molar refractivity (Wildman–Crippen MR) is 209 cm³/mol. The van der Waals surface area contributed by atoms with Gasteiger partial charge in [-0.05, 0) is 45.1 Å². The molecule has 5 heteroatoms. The molecule has 0 heterocycles. The molecule has 0 aromatic heterocycles. The van der Waals surface area contributed by atoms with Gasteiger partial charge in [-0.2, -0.15) is 0 Å². The van der Waals surface area contributed by atoms with Gasteiger partial charge in [0.05, 0.1) is 0 Å². The average molecular weight is 651 g/mol. The van der Waals surface area contributed by atoms with Crippen LogP contribution in [-0.4, -0.2) is 35.9 Å². The van der Waals surface area contributed by atoms with Crippen LogP contribution in [-0.2, 0) is 5.16 Å². The molecule has 0 fully saturated rings. The van der Waals surface area contributed by atoms with Crippen molar-refractivity contribution in [1.82, 2.24) is 0 Å². The quantitative estimate of drug-likeness (QED) is 0.0538. The molecule has 0 aliphatic carbocycles. The second-order valence-electron chi connectivity index (χ2n) is 12.5. The molecule has 0 saturated carbocycles. The number of hydrogen-bond acceptors (Lipinski definition) is 3. The van der Waals surface area contributed by atoms with Crippen molar-refractivity contribution in [2.24, 2.45) is 0 Å². The zero-order valence-electron chi connectivity index (χ0n) is 28.0. The first-order valence-corrected chi connectivity index (χ1v) is 19.6. The Balaban J connectivity index is 0.000000169. The minimum absolute atomic E-state index is 0.0188. The van der Waals surface area contributed by atoms with Gasteiger partial charge < -0.3 is 14.7 Å². The summed E-state index contributed by atoms with van der Waals surface area (Å²) in [6.45, 7) is 7.26. The minimum Gasteiger partial charge on any atom is -0.511 e. The van der Waals surface area contributed by atoms with Crippen LogP contribution in [0.1, 0.15) is 37.5 Å². The first-order chi connectivity index (χ1) is 23.5. The van der Waals surface area contributed by atoms with Crippen LogP contribution in [0.2, 0.25) is 0 Å². The molecule has 2 N–H and O–H groups in total. The van der Waals surface area contributed by atoms with Gasteiger partial charge in [0.25, 0.3) is 0 Å². The molecule has 0 aliphatic heterocycles. The topological polar surface area (TPSA) is 49.7 Å². The van der Waals surface area contributed by atoms with E-state index in [1.165, 1.54) is 40.6 Å². The van der Waals surface area contributed by atoms with Crippen LogP contribution in [0.15, 0.2) is 158 Å². The third-order valence-electron chi connectivity index (χ3n) is 10.4. The molecule has 0 spiro atoms. The molecule has 7 aromatic rings. The van der Waals surface area contributed by atoms with E-state index >= 15 is 0 Å². The van der Waals surface area contributed by atoms with Gasteiger partial charge in [-0.1, -0.05) is 48.5 Å². The number of fused-ring (bicyclic) bond motifs is 4. The van der Waals surface area contributed by atoms with E-state index < -0.39 is 14.6 Å². The van der Waals surface area contributed by atoms with Crippen molar-refractivity contribution in [2.75, 3.05) is 18.5 Å². The van der Waals surface area contributed by atoms with Crippen molar-refractivity contribution < 1.29 is 14.7 Å². The summed E-state index contributed by atoms with van der Waals surface area (Å²) in [6.07, 6.45) is 3.83. The standard InChI is InChI=1S/C25H31P.C18H13BO3/c1-4-26(5-2,6-3)25(22-16-10-7-11-17-22,23-18-12-8-13-19-23)24-20-14-9-15-21-24;20-19(21)22-17-7-3-6-12-8-9-15-10-13-4-1-2-5-14(13)11-16(15)18(12)17/h7-21,26H,4-6H2,1-3H3;1-11,20-21H. The van der Waals surface area contributed by atoms with Gasteiger partial charge in [-0.25, -0.2) is 0 Å². The smallest absolute Gasteiger partial charge is 0.511 e. The van der Waals surface area contributed by atoms with Crippen molar-refractivity contribution >= 4 is 46.9 Å². The van der Waals surface area contributed by atoms with E-state index in [2.05, 4.69) is 142 Å². The maximum absolute atomic E-state index is 9.14. The molecule has 3 nitrogen and oxygen atoms in total. The van der Waals surface area contributed by atoms with Crippen LogP contribution in [0.25, 0.3) is 32.3 Å². The zero-order valence-corrected chi connectivity index (χ0v) is 29.0. The maximum atomic E-state index is 9.14. The number of hydrogen-bond donors (Lipinski definition) is 2. The van der Waals surface area contributed by atoms with Crippen LogP contribution in [0.3, 0.4) is 0 Å². The van der Waals surface area contributed by atoms with Crippen molar-refractivity contribution in [3.63, 3.8) is 0 Å². The summed E-state index contributed by atoms with van der Waals surface area (Å²) in [5, 5.41) is 24.6. The van der Waals surface area contributed by atoms with E-state index in [4.69, 9.17) is 14.7 Å². The van der Waals surface area contributed by atoms with E-state index in [1.54, 1.807) is 6.07 Å². The summed E-state index contributed by atoms with van der Waals surface area (Å²) < 4.78 is 5.16. The van der Waals surface area contributed by atoms with Gasteiger partial charge in [-0.3, -0.25) is 0 Å². The molecule has 0 bridgehead atoms. The van der Waals surface area contributed by atoms with E-state index in [0.717, 1.165) is 26.9 Å². The molecule has 7 rings (SSSR count). The Morgan fingerprint density at radius 1 is 0.500 bits per heavy atom. The van der Waals surface area contributed by atoms with Crippen molar-refractivity contribution in [3.8, 4) is 5.75 Å². The van der Waals surface area contributed by atoms with E-state index in [1.807, 2.05) is 30.3 Å². The normalized spacial score (nSPS) is 12.0. The predicted octanol–water partition coefficient (Wildman–Crippen LogP) is 10.3. The minimum atomic E-state index is -1.83. The fraction of sp³-hybridized carbons (Fsp3) is 0.163. The summed E-state index contributed by atoms with van der Waals surface area (Å²) in [5.74, 6) is 0.466. The third-order valence-corrected chi connectivity index (χ3v) is 16.9. The second-order valence-corrected chi connectivity index (χ2v) is 17.9. The Hall–Kier alpha value is -4.47. The van der Waals surface area contributed by atoms with Crippen LogP contribution in [0.4, 0.5) is 0 Å².